The van der Waals surface area contributed by atoms with Crippen LogP contribution in [0, 0.1) is 0 Å². The Bertz CT molecular complexity index is 782. The number of esters is 1. The monoisotopic (exact) mass is 358 g/mol. The van der Waals surface area contributed by atoms with Crippen molar-refractivity contribution in [3.63, 3.8) is 0 Å². The lowest BCUT2D eigenvalue weighted by Gasteiger charge is -2.07. The molecule has 0 atom stereocenters. The van der Waals surface area contributed by atoms with Gasteiger partial charge in [0, 0.05) is 6.08 Å². The van der Waals surface area contributed by atoms with E-state index in [4.69, 9.17) is 14.2 Å². The Morgan fingerprint density at radius 3 is 2.35 bits per heavy atom. The van der Waals surface area contributed by atoms with E-state index in [0.717, 1.165) is 5.56 Å². The minimum atomic E-state index is -0.444. The number of phenolic OH excluding ortho intramolecular Hbond substituents is 2. The van der Waals surface area contributed by atoms with Crippen molar-refractivity contribution in [2.45, 2.75) is 12.8 Å². The highest BCUT2D eigenvalue weighted by Gasteiger charge is 2.04. The number of carbonyl (C=O) groups excluding carboxylic acids is 1. The standard InChI is InChI=1S/C20H22O6/c1-24-18-12-14(5-8-16(18)21)4-3-11-26-20(23)10-7-15-6-9-17(22)19(13-15)25-2/h5-10,12-13,21-22H,3-4,11H2,1-2H3. The largest absolute Gasteiger partial charge is 0.504 e. The van der Waals surface area contributed by atoms with Gasteiger partial charge in [-0.25, -0.2) is 4.79 Å². The fourth-order valence-electron chi connectivity index (χ4n) is 2.34. The SMILES string of the molecule is COc1cc(C=CC(=O)OCCCc2ccc(O)c(OC)c2)ccc1O. The lowest BCUT2D eigenvalue weighted by Crippen LogP contribution is -2.03. The van der Waals surface area contributed by atoms with Crippen molar-refractivity contribution < 1.29 is 29.2 Å². The van der Waals surface area contributed by atoms with E-state index in [1.807, 2.05) is 0 Å². The van der Waals surface area contributed by atoms with Crippen LogP contribution in [0.5, 0.6) is 23.0 Å². The first-order valence-electron chi connectivity index (χ1n) is 8.11. The number of benzene rings is 2. The van der Waals surface area contributed by atoms with E-state index in [1.165, 1.54) is 26.4 Å². The molecule has 2 aromatic rings. The maximum Gasteiger partial charge on any atom is 0.330 e. The van der Waals surface area contributed by atoms with Crippen LogP contribution in [0.2, 0.25) is 0 Å². The van der Waals surface area contributed by atoms with Crippen LogP contribution in [0.4, 0.5) is 0 Å². The molecule has 0 amide bonds. The second-order valence-corrected chi connectivity index (χ2v) is 5.54. The molecule has 0 aliphatic rings. The average Bonchev–Trinajstić information content (AvgIpc) is 2.65. The number of aromatic hydroxyl groups is 2. The van der Waals surface area contributed by atoms with Gasteiger partial charge in [0.05, 0.1) is 20.8 Å². The Kier molecular flexibility index (Phi) is 6.91. The first-order chi connectivity index (χ1) is 12.5. The van der Waals surface area contributed by atoms with Crippen LogP contribution in [0.1, 0.15) is 17.5 Å². The van der Waals surface area contributed by atoms with Crippen LogP contribution in [0.3, 0.4) is 0 Å². The number of aryl methyl sites for hydroxylation is 1. The van der Waals surface area contributed by atoms with E-state index in [1.54, 1.807) is 36.4 Å². The summed E-state index contributed by atoms with van der Waals surface area (Å²) in [6, 6.07) is 9.93. The summed E-state index contributed by atoms with van der Waals surface area (Å²) in [6.45, 7) is 0.283. The first kappa shape index (κ1) is 19.2. The number of hydrogen-bond acceptors (Lipinski definition) is 6. The zero-order valence-electron chi connectivity index (χ0n) is 14.8. The van der Waals surface area contributed by atoms with Crippen molar-refractivity contribution in [3.8, 4) is 23.0 Å². The van der Waals surface area contributed by atoms with Gasteiger partial charge in [-0.3, -0.25) is 0 Å². The van der Waals surface area contributed by atoms with E-state index in [0.29, 0.717) is 29.9 Å². The van der Waals surface area contributed by atoms with E-state index >= 15 is 0 Å². The third-order valence-corrected chi connectivity index (χ3v) is 3.71. The number of rotatable bonds is 8. The fraction of sp³-hybridized carbons (Fsp3) is 0.250. The molecule has 6 nitrogen and oxygen atoms in total. The molecule has 138 valence electrons. The Hall–Kier alpha value is -3.15. The highest BCUT2D eigenvalue weighted by molar-refractivity contribution is 5.87. The van der Waals surface area contributed by atoms with E-state index in [9.17, 15) is 15.0 Å². The summed E-state index contributed by atoms with van der Waals surface area (Å²) < 4.78 is 15.2. The summed E-state index contributed by atoms with van der Waals surface area (Å²) >= 11 is 0. The van der Waals surface area contributed by atoms with Gasteiger partial charge in [-0.1, -0.05) is 12.1 Å². The second kappa shape index (κ2) is 9.36. The Labute approximate surface area is 152 Å². The van der Waals surface area contributed by atoms with Gasteiger partial charge in [0.15, 0.2) is 23.0 Å². The molecule has 0 aliphatic heterocycles. The summed E-state index contributed by atoms with van der Waals surface area (Å²) in [5, 5.41) is 19.1. The number of hydrogen-bond donors (Lipinski definition) is 2. The highest BCUT2D eigenvalue weighted by atomic mass is 16.5. The normalized spacial score (nSPS) is 10.7. The van der Waals surface area contributed by atoms with Gasteiger partial charge in [0.1, 0.15) is 0 Å². The molecule has 0 saturated heterocycles. The molecule has 0 saturated carbocycles. The average molecular weight is 358 g/mol. The fourth-order valence-corrected chi connectivity index (χ4v) is 2.34. The molecular weight excluding hydrogens is 336 g/mol. The summed E-state index contributed by atoms with van der Waals surface area (Å²) in [4.78, 5) is 11.8. The summed E-state index contributed by atoms with van der Waals surface area (Å²) in [5.74, 6) is 0.452. The second-order valence-electron chi connectivity index (χ2n) is 5.54. The Morgan fingerprint density at radius 1 is 1.00 bits per heavy atom. The van der Waals surface area contributed by atoms with Crippen LogP contribution in [-0.4, -0.2) is 37.0 Å². The lowest BCUT2D eigenvalue weighted by molar-refractivity contribution is -0.137. The molecule has 2 rings (SSSR count). The molecule has 0 heterocycles. The molecule has 0 aromatic heterocycles. The van der Waals surface area contributed by atoms with Gasteiger partial charge in [0.25, 0.3) is 0 Å². The first-order valence-corrected chi connectivity index (χ1v) is 8.11. The molecule has 2 aromatic carbocycles. The van der Waals surface area contributed by atoms with Gasteiger partial charge in [-0.2, -0.15) is 0 Å². The minimum absolute atomic E-state index is 0.0399. The molecule has 0 unspecified atom stereocenters. The smallest absolute Gasteiger partial charge is 0.330 e. The molecule has 26 heavy (non-hydrogen) atoms. The van der Waals surface area contributed by atoms with E-state index in [2.05, 4.69) is 0 Å². The molecular formula is C20H22O6. The number of carbonyl (C=O) groups is 1. The van der Waals surface area contributed by atoms with Crippen LogP contribution in [0.25, 0.3) is 6.08 Å². The predicted molar refractivity (Wildman–Crippen MR) is 97.6 cm³/mol. The van der Waals surface area contributed by atoms with Crippen LogP contribution in [0.15, 0.2) is 42.5 Å². The minimum Gasteiger partial charge on any atom is -0.504 e. The molecule has 2 N–H and O–H groups in total. The van der Waals surface area contributed by atoms with E-state index in [-0.39, 0.29) is 18.1 Å². The molecule has 0 spiro atoms. The van der Waals surface area contributed by atoms with Gasteiger partial charge in [-0.05, 0) is 54.3 Å². The molecule has 6 heteroatoms. The van der Waals surface area contributed by atoms with Crippen LogP contribution < -0.4 is 9.47 Å². The zero-order chi connectivity index (χ0) is 18.9. The van der Waals surface area contributed by atoms with E-state index < -0.39 is 5.97 Å². The third kappa shape index (κ3) is 5.44. The maximum atomic E-state index is 11.8. The van der Waals surface area contributed by atoms with Gasteiger partial charge in [-0.15, -0.1) is 0 Å². The summed E-state index contributed by atoms with van der Waals surface area (Å²) in [5.41, 5.74) is 1.70. The molecule has 0 bridgehead atoms. The predicted octanol–water partition coefficient (Wildman–Crippen LogP) is 3.30. The summed E-state index contributed by atoms with van der Waals surface area (Å²) in [7, 11) is 2.96. The van der Waals surface area contributed by atoms with Crippen molar-refractivity contribution in [3.05, 3.63) is 53.6 Å². The number of phenols is 2. The number of ether oxygens (including phenoxy) is 3. The van der Waals surface area contributed by atoms with Crippen molar-refractivity contribution >= 4 is 12.0 Å². The summed E-state index contributed by atoms with van der Waals surface area (Å²) in [6.07, 6.45) is 4.27. The van der Waals surface area contributed by atoms with Crippen molar-refractivity contribution in [2.24, 2.45) is 0 Å². The molecule has 0 aliphatic carbocycles. The topological polar surface area (TPSA) is 85.2 Å². The maximum absolute atomic E-state index is 11.8. The van der Waals surface area contributed by atoms with Gasteiger partial charge >= 0.3 is 5.97 Å². The Morgan fingerprint density at radius 2 is 1.65 bits per heavy atom. The lowest BCUT2D eigenvalue weighted by atomic mass is 10.1. The van der Waals surface area contributed by atoms with Crippen LogP contribution >= 0.6 is 0 Å². The van der Waals surface area contributed by atoms with Crippen molar-refractivity contribution in [2.75, 3.05) is 20.8 Å². The molecule has 0 fully saturated rings. The third-order valence-electron chi connectivity index (χ3n) is 3.71. The van der Waals surface area contributed by atoms with Gasteiger partial charge < -0.3 is 24.4 Å². The van der Waals surface area contributed by atoms with Crippen LogP contribution in [-0.2, 0) is 16.0 Å². The zero-order valence-corrected chi connectivity index (χ0v) is 14.8. The quantitative estimate of drug-likeness (QED) is 0.428. The molecule has 0 radical (unpaired) electrons. The van der Waals surface area contributed by atoms with Crippen molar-refractivity contribution in [1.29, 1.82) is 0 Å². The number of methoxy groups -OCH3 is 2. The Balaban J connectivity index is 1.78. The van der Waals surface area contributed by atoms with Gasteiger partial charge in [0.2, 0.25) is 0 Å². The highest BCUT2D eigenvalue weighted by Crippen LogP contribution is 2.27. The van der Waals surface area contributed by atoms with Crippen molar-refractivity contribution in [1.82, 2.24) is 0 Å².